The van der Waals surface area contributed by atoms with Gasteiger partial charge in [0.2, 0.25) is 0 Å². The molecule has 0 spiro atoms. The molecule has 0 bridgehead atoms. The average molecular weight is 324 g/mol. The second-order valence-electron chi connectivity index (χ2n) is 5.04. The number of amides is 1. The van der Waals surface area contributed by atoms with Gasteiger partial charge < -0.3 is 4.74 Å². The van der Waals surface area contributed by atoms with E-state index < -0.39 is 0 Å². The number of nitrogens with zero attached hydrogens (tertiary/aromatic N) is 1. The number of nitrogens with one attached hydrogen (secondary N) is 1. The van der Waals surface area contributed by atoms with Gasteiger partial charge in [0, 0.05) is 16.5 Å². The molecule has 5 heteroatoms. The summed E-state index contributed by atoms with van der Waals surface area (Å²) in [7, 11) is 1.63. The van der Waals surface area contributed by atoms with Crippen molar-refractivity contribution in [2.75, 3.05) is 12.4 Å². The third-order valence-corrected chi connectivity index (χ3v) is 4.24. The third-order valence-electron chi connectivity index (χ3n) is 3.48. The molecule has 0 aliphatic rings. The largest absolute Gasteiger partial charge is 0.497 e. The van der Waals surface area contributed by atoms with Crippen molar-refractivity contribution < 1.29 is 9.53 Å². The van der Waals surface area contributed by atoms with Crippen molar-refractivity contribution in [2.45, 2.75) is 6.92 Å². The number of thiazole rings is 1. The van der Waals surface area contributed by atoms with Crippen molar-refractivity contribution in [3.05, 3.63) is 65.0 Å². The minimum atomic E-state index is -0.144. The Morgan fingerprint density at radius 3 is 2.78 bits per heavy atom. The highest BCUT2D eigenvalue weighted by Gasteiger charge is 2.11. The van der Waals surface area contributed by atoms with Gasteiger partial charge in [-0.15, -0.1) is 11.3 Å². The molecular formula is C18H16N2O2S. The number of anilines is 1. The number of carbonyl (C=O) groups is 1. The summed E-state index contributed by atoms with van der Waals surface area (Å²) in [6, 6.07) is 15.2. The molecule has 4 nitrogen and oxygen atoms in total. The molecule has 0 fully saturated rings. The van der Waals surface area contributed by atoms with Crippen LogP contribution in [0.4, 0.5) is 5.13 Å². The maximum Gasteiger partial charge on any atom is 0.257 e. The molecule has 0 unspecified atom stereocenters. The minimum Gasteiger partial charge on any atom is -0.497 e. The standard InChI is InChI=1S/C18H16N2O2S/c1-12-6-3-4-9-15(12)17(21)20-18-19-16(11-23-18)13-7-5-8-14(10-13)22-2/h3-11H,1-2H3,(H,19,20,21). The minimum absolute atomic E-state index is 0.144. The molecule has 23 heavy (non-hydrogen) atoms. The van der Waals surface area contributed by atoms with E-state index in [2.05, 4.69) is 10.3 Å². The van der Waals surface area contributed by atoms with Crippen LogP contribution in [0.3, 0.4) is 0 Å². The highest BCUT2D eigenvalue weighted by Crippen LogP contribution is 2.27. The maximum absolute atomic E-state index is 12.3. The van der Waals surface area contributed by atoms with E-state index in [9.17, 15) is 4.79 Å². The number of methoxy groups -OCH3 is 1. The summed E-state index contributed by atoms with van der Waals surface area (Å²) < 4.78 is 5.22. The van der Waals surface area contributed by atoms with E-state index in [0.29, 0.717) is 10.7 Å². The first-order chi connectivity index (χ1) is 11.2. The van der Waals surface area contributed by atoms with Crippen molar-refractivity contribution in [2.24, 2.45) is 0 Å². The van der Waals surface area contributed by atoms with E-state index in [1.165, 1.54) is 11.3 Å². The van der Waals surface area contributed by atoms with Gasteiger partial charge in [0.15, 0.2) is 5.13 Å². The lowest BCUT2D eigenvalue weighted by atomic mass is 10.1. The number of aryl methyl sites for hydroxylation is 1. The van der Waals surface area contributed by atoms with Gasteiger partial charge in [0.1, 0.15) is 5.75 Å². The molecule has 3 rings (SSSR count). The number of hydrogen-bond acceptors (Lipinski definition) is 4. The second kappa shape index (κ2) is 6.62. The number of rotatable bonds is 4. The van der Waals surface area contributed by atoms with E-state index in [1.807, 2.05) is 54.8 Å². The highest BCUT2D eigenvalue weighted by atomic mass is 32.1. The van der Waals surface area contributed by atoms with Crippen molar-refractivity contribution in [1.29, 1.82) is 0 Å². The van der Waals surface area contributed by atoms with E-state index in [0.717, 1.165) is 22.6 Å². The molecule has 2 aromatic carbocycles. The Bertz CT molecular complexity index is 842. The van der Waals surface area contributed by atoms with Gasteiger partial charge in [-0.3, -0.25) is 10.1 Å². The third kappa shape index (κ3) is 3.40. The Morgan fingerprint density at radius 2 is 2.00 bits per heavy atom. The fraction of sp³-hybridized carbons (Fsp3) is 0.111. The summed E-state index contributed by atoms with van der Waals surface area (Å²) in [5, 5.41) is 5.35. The Hall–Kier alpha value is -2.66. The molecule has 0 radical (unpaired) electrons. The average Bonchev–Trinajstić information content (AvgIpc) is 3.03. The Morgan fingerprint density at radius 1 is 1.17 bits per heavy atom. The monoisotopic (exact) mass is 324 g/mol. The zero-order valence-electron chi connectivity index (χ0n) is 12.9. The van der Waals surface area contributed by atoms with Gasteiger partial charge in [0.05, 0.1) is 12.8 Å². The van der Waals surface area contributed by atoms with Crippen LogP contribution in [0.1, 0.15) is 15.9 Å². The van der Waals surface area contributed by atoms with Crippen LogP contribution in [0.15, 0.2) is 53.9 Å². The fourth-order valence-electron chi connectivity index (χ4n) is 2.24. The molecule has 1 heterocycles. The summed E-state index contributed by atoms with van der Waals surface area (Å²) in [5.41, 5.74) is 3.37. The van der Waals surface area contributed by atoms with Crippen molar-refractivity contribution >= 4 is 22.4 Å². The summed E-state index contributed by atoms with van der Waals surface area (Å²) in [6.07, 6.45) is 0. The van der Waals surface area contributed by atoms with Gasteiger partial charge in [-0.25, -0.2) is 4.98 Å². The zero-order chi connectivity index (χ0) is 16.2. The summed E-state index contributed by atoms with van der Waals surface area (Å²) in [6.45, 7) is 1.92. The lowest BCUT2D eigenvalue weighted by Crippen LogP contribution is -2.12. The molecule has 0 atom stereocenters. The smallest absolute Gasteiger partial charge is 0.257 e. The van der Waals surface area contributed by atoms with E-state index in [-0.39, 0.29) is 5.91 Å². The molecule has 0 saturated heterocycles. The summed E-state index contributed by atoms with van der Waals surface area (Å²) in [5.74, 6) is 0.635. The van der Waals surface area contributed by atoms with Crippen LogP contribution >= 0.6 is 11.3 Å². The molecule has 0 aliphatic carbocycles. The molecule has 3 aromatic rings. The Labute approximate surface area is 138 Å². The van der Waals surface area contributed by atoms with Crippen LogP contribution in [0.25, 0.3) is 11.3 Å². The van der Waals surface area contributed by atoms with Gasteiger partial charge in [-0.2, -0.15) is 0 Å². The van der Waals surface area contributed by atoms with Crippen LogP contribution in [0.2, 0.25) is 0 Å². The zero-order valence-corrected chi connectivity index (χ0v) is 13.7. The topological polar surface area (TPSA) is 51.2 Å². The molecule has 0 saturated carbocycles. The van der Waals surface area contributed by atoms with Gasteiger partial charge in [-0.1, -0.05) is 30.3 Å². The lowest BCUT2D eigenvalue weighted by molar-refractivity contribution is 0.102. The molecular weight excluding hydrogens is 308 g/mol. The molecule has 116 valence electrons. The molecule has 0 aliphatic heterocycles. The highest BCUT2D eigenvalue weighted by molar-refractivity contribution is 7.14. The normalized spacial score (nSPS) is 10.3. The van der Waals surface area contributed by atoms with Crippen LogP contribution in [-0.4, -0.2) is 18.0 Å². The van der Waals surface area contributed by atoms with Crippen LogP contribution < -0.4 is 10.1 Å². The van der Waals surface area contributed by atoms with Crippen LogP contribution in [-0.2, 0) is 0 Å². The lowest BCUT2D eigenvalue weighted by Gasteiger charge is -2.04. The van der Waals surface area contributed by atoms with Gasteiger partial charge >= 0.3 is 0 Å². The van der Waals surface area contributed by atoms with Crippen LogP contribution in [0.5, 0.6) is 5.75 Å². The van der Waals surface area contributed by atoms with Crippen molar-refractivity contribution in [3.8, 4) is 17.0 Å². The first-order valence-electron chi connectivity index (χ1n) is 7.14. The summed E-state index contributed by atoms with van der Waals surface area (Å²) >= 11 is 1.40. The van der Waals surface area contributed by atoms with Gasteiger partial charge in [0.25, 0.3) is 5.91 Å². The Balaban J connectivity index is 1.79. The van der Waals surface area contributed by atoms with Crippen molar-refractivity contribution in [1.82, 2.24) is 4.98 Å². The first-order valence-corrected chi connectivity index (χ1v) is 8.02. The predicted molar refractivity (Wildman–Crippen MR) is 93.2 cm³/mol. The second-order valence-corrected chi connectivity index (χ2v) is 5.90. The van der Waals surface area contributed by atoms with Crippen molar-refractivity contribution in [3.63, 3.8) is 0 Å². The SMILES string of the molecule is COc1cccc(-c2csc(NC(=O)c3ccccc3C)n2)c1. The van der Waals surface area contributed by atoms with E-state index in [1.54, 1.807) is 13.2 Å². The first kappa shape index (κ1) is 15.2. The van der Waals surface area contributed by atoms with Gasteiger partial charge in [-0.05, 0) is 30.7 Å². The molecule has 1 N–H and O–H groups in total. The number of carbonyl (C=O) groups excluding carboxylic acids is 1. The number of ether oxygens (including phenoxy) is 1. The Kier molecular flexibility index (Phi) is 4.39. The fourth-order valence-corrected chi connectivity index (χ4v) is 2.95. The quantitative estimate of drug-likeness (QED) is 0.775. The van der Waals surface area contributed by atoms with Crippen LogP contribution in [0, 0.1) is 6.92 Å². The maximum atomic E-state index is 12.3. The predicted octanol–water partition coefficient (Wildman–Crippen LogP) is 4.38. The molecule has 1 amide bonds. The summed E-state index contributed by atoms with van der Waals surface area (Å²) in [4.78, 5) is 16.8. The number of aromatic nitrogens is 1. The van der Waals surface area contributed by atoms with E-state index in [4.69, 9.17) is 4.74 Å². The number of hydrogen-bond donors (Lipinski definition) is 1. The molecule has 1 aromatic heterocycles. The van der Waals surface area contributed by atoms with E-state index >= 15 is 0 Å². The number of benzene rings is 2.